The third-order valence-electron chi connectivity index (χ3n) is 7.18. The van der Waals surface area contributed by atoms with Crippen LogP contribution in [0.2, 0.25) is 25.1 Å². The molecule has 4 N–H and O–H groups in total. The summed E-state index contributed by atoms with van der Waals surface area (Å²) >= 11 is 48.8. The van der Waals surface area contributed by atoms with E-state index in [9.17, 15) is 28.8 Å². The molecule has 6 rings (SSSR count). The molecule has 0 aliphatic heterocycles. The van der Waals surface area contributed by atoms with Gasteiger partial charge in [-0.05, 0) is 169 Å². The first-order chi connectivity index (χ1) is 28.1. The first-order valence-electron chi connectivity index (χ1n) is 16.3. The summed E-state index contributed by atoms with van der Waals surface area (Å²) in [5.74, 6) is 1.27. The van der Waals surface area contributed by atoms with Gasteiger partial charge in [-0.3, -0.25) is 0 Å². The predicted molar refractivity (Wildman–Crippen MR) is 285 cm³/mol. The van der Waals surface area contributed by atoms with E-state index in [1.165, 1.54) is 30.0 Å². The molecule has 0 atom stereocenters. The average Bonchev–Trinajstić information content (AvgIpc) is 3.20. The monoisotopic (exact) mass is 1440 g/mol. The van der Waals surface area contributed by atoms with E-state index < -0.39 is 11.4 Å². The number of aromatic hydroxyl groups is 4. The molecule has 0 saturated heterocycles. The van der Waals surface area contributed by atoms with Gasteiger partial charge in [-0.15, -0.1) is 23.2 Å². The Morgan fingerprint density at radius 3 is 1.42 bits per heavy atom. The standard InChI is InChI=1S/C12H7Cl3O2.C12H8Cl2O2S.C12H10O.C4H4Cl2I4O2S/c13-7-1-3-11(9(15)5-7)17-12-4-2-8(14)6-10(12)16;13-7-1-3-9(15)11(5-7)17-12-6-8(14)2-4-10(12)16;13-12-9-5-4-8-11(12)10-6-2-1-3-7-10;5-1-3(7,8)13(11,12)4(9,10)2-6/h1-6,16H;1-6,15-16H;1-9,13H;1-2H2. The zero-order valence-electron chi connectivity index (χ0n) is 30.0. The van der Waals surface area contributed by atoms with Gasteiger partial charge in [0.15, 0.2) is 13.0 Å². The summed E-state index contributed by atoms with van der Waals surface area (Å²) in [5.41, 5.74) is 1.92. The zero-order valence-corrected chi connectivity index (χ0v) is 45.6. The van der Waals surface area contributed by atoms with Crippen LogP contribution in [-0.2, 0) is 9.84 Å². The van der Waals surface area contributed by atoms with Gasteiger partial charge in [-0.2, -0.15) is 0 Å². The Kier molecular flexibility index (Phi) is 22.7. The summed E-state index contributed by atoms with van der Waals surface area (Å²) in [6.45, 7) is 0. The molecule has 0 saturated carbocycles. The summed E-state index contributed by atoms with van der Waals surface area (Å²) in [7, 11) is -3.36. The van der Waals surface area contributed by atoms with Gasteiger partial charge in [0.2, 0.25) is 9.84 Å². The Hall–Kier alpha value is -0.430. The number of para-hydroxylation sites is 1. The van der Waals surface area contributed by atoms with Crippen molar-refractivity contribution in [1.82, 2.24) is 0 Å². The Morgan fingerprint density at radius 1 is 0.517 bits per heavy atom. The van der Waals surface area contributed by atoms with Gasteiger partial charge in [0.1, 0.15) is 23.0 Å². The van der Waals surface area contributed by atoms with Crippen molar-refractivity contribution in [3.63, 3.8) is 0 Å². The minimum Gasteiger partial charge on any atom is -0.507 e. The SMILES string of the molecule is O=S(=O)(C(I)(I)CCl)C(I)(I)CCl.Oc1cc(Cl)ccc1Oc1ccc(Cl)cc1Cl.Oc1ccc(Cl)cc1Sc1cc(Cl)ccc1O.Oc1ccccc1-c1ccccc1. The summed E-state index contributed by atoms with van der Waals surface area (Å²) in [6, 6.07) is 36.0. The van der Waals surface area contributed by atoms with Crippen LogP contribution in [0.4, 0.5) is 0 Å². The van der Waals surface area contributed by atoms with Gasteiger partial charge in [0, 0.05) is 31.7 Å². The quantitative estimate of drug-likeness (QED) is 0.0834. The summed E-state index contributed by atoms with van der Waals surface area (Å²) in [6.07, 6.45) is 0. The molecule has 0 spiro atoms. The number of rotatable bonds is 9. The van der Waals surface area contributed by atoms with Crippen molar-refractivity contribution < 1.29 is 33.6 Å². The topological polar surface area (TPSA) is 124 Å². The maximum absolute atomic E-state index is 11.9. The number of hydrogen-bond acceptors (Lipinski definition) is 8. The molecule has 0 fully saturated rings. The lowest BCUT2D eigenvalue weighted by Crippen LogP contribution is -2.40. The summed E-state index contributed by atoms with van der Waals surface area (Å²) in [4.78, 5) is 1.13. The van der Waals surface area contributed by atoms with E-state index in [0.29, 0.717) is 46.4 Å². The lowest BCUT2D eigenvalue weighted by Gasteiger charge is -2.26. The fourth-order valence-electron chi connectivity index (χ4n) is 4.21. The second-order valence-electron chi connectivity index (χ2n) is 11.5. The van der Waals surface area contributed by atoms with Crippen LogP contribution in [0.1, 0.15) is 0 Å². The molecule has 0 aliphatic rings. The smallest absolute Gasteiger partial charge is 0.200 e. The first-order valence-corrected chi connectivity index (χ1v) is 25.9. The second-order valence-corrected chi connectivity index (χ2v) is 32.1. The maximum atomic E-state index is 11.9. The maximum Gasteiger partial charge on any atom is 0.200 e. The predicted octanol–water partition coefficient (Wildman–Crippen LogP) is 16.7. The third kappa shape index (κ3) is 16.2. The number of phenols is 4. The Bertz CT molecular complexity index is 2350. The molecular weight excluding hydrogens is 1410 g/mol. The fourth-order valence-corrected chi connectivity index (χ4v) is 17.4. The van der Waals surface area contributed by atoms with Gasteiger partial charge in [0.05, 0.1) is 26.6 Å². The molecule has 0 bridgehead atoms. The first kappa shape index (κ1) is 53.9. The number of alkyl halides is 6. The molecular formula is C40H29Cl7I4O7S2. The van der Waals surface area contributed by atoms with Crippen LogP contribution in [0.25, 0.3) is 11.1 Å². The lowest BCUT2D eigenvalue weighted by atomic mass is 10.1. The number of benzene rings is 6. The highest BCUT2D eigenvalue weighted by Crippen LogP contribution is 2.48. The van der Waals surface area contributed by atoms with Crippen molar-refractivity contribution in [1.29, 1.82) is 0 Å². The Morgan fingerprint density at radius 2 is 0.950 bits per heavy atom. The lowest BCUT2D eigenvalue weighted by molar-refractivity contribution is 0.411. The molecule has 6 aromatic carbocycles. The molecule has 20 heteroatoms. The van der Waals surface area contributed by atoms with Gasteiger partial charge in [0.25, 0.3) is 0 Å². The highest BCUT2D eigenvalue weighted by Gasteiger charge is 2.50. The molecule has 0 heterocycles. The van der Waals surface area contributed by atoms with E-state index in [-0.39, 0.29) is 34.8 Å². The van der Waals surface area contributed by atoms with Crippen LogP contribution in [0.3, 0.4) is 0 Å². The number of halogens is 11. The molecule has 6 aromatic rings. The van der Waals surface area contributed by atoms with Crippen LogP contribution < -0.4 is 4.74 Å². The van der Waals surface area contributed by atoms with Crippen molar-refractivity contribution >= 4 is 193 Å². The van der Waals surface area contributed by atoms with E-state index in [1.807, 2.05) is 139 Å². The van der Waals surface area contributed by atoms with Crippen LogP contribution in [-0.4, -0.2) is 42.1 Å². The largest absolute Gasteiger partial charge is 0.507 e. The van der Waals surface area contributed by atoms with E-state index in [2.05, 4.69) is 0 Å². The number of sulfone groups is 1. The molecule has 60 heavy (non-hydrogen) atoms. The van der Waals surface area contributed by atoms with Crippen LogP contribution in [0.5, 0.6) is 34.5 Å². The third-order valence-corrected chi connectivity index (χ3v) is 22.8. The molecule has 320 valence electrons. The normalized spacial score (nSPS) is 11.2. The van der Waals surface area contributed by atoms with Crippen LogP contribution >= 0.6 is 183 Å². The van der Waals surface area contributed by atoms with Crippen molar-refractivity contribution in [2.75, 3.05) is 11.8 Å². The van der Waals surface area contributed by atoms with E-state index in [1.54, 1.807) is 60.7 Å². The number of ether oxygens (including phenoxy) is 1. The number of phenolic OH excluding ortho intramolecular Hbond substituents is 4. The van der Waals surface area contributed by atoms with E-state index in [4.69, 9.17) is 85.9 Å². The Balaban J connectivity index is 0.000000216. The molecule has 0 unspecified atom stereocenters. The minimum atomic E-state index is -3.36. The highest BCUT2D eigenvalue weighted by molar-refractivity contribution is 14.2. The molecule has 0 aromatic heterocycles. The molecule has 0 radical (unpaired) electrons. The second kappa shape index (κ2) is 25.3. The average molecular weight is 1440 g/mol. The van der Waals surface area contributed by atoms with Crippen LogP contribution in [0.15, 0.2) is 137 Å². The molecule has 7 nitrogen and oxygen atoms in total. The van der Waals surface area contributed by atoms with E-state index in [0.717, 1.165) is 11.1 Å². The van der Waals surface area contributed by atoms with Crippen molar-refractivity contribution in [2.24, 2.45) is 0 Å². The minimum absolute atomic E-state index is 0.0428. The van der Waals surface area contributed by atoms with Crippen molar-refractivity contribution in [3.05, 3.63) is 153 Å². The molecule has 0 aliphatic carbocycles. The van der Waals surface area contributed by atoms with Gasteiger partial charge in [-0.1, -0.05) is 118 Å². The summed E-state index contributed by atoms with van der Waals surface area (Å²) < 4.78 is 27.3. The van der Waals surface area contributed by atoms with Gasteiger partial charge >= 0.3 is 0 Å². The highest BCUT2D eigenvalue weighted by atomic mass is 127. The van der Waals surface area contributed by atoms with E-state index >= 15 is 0 Å². The Labute approximate surface area is 441 Å². The zero-order chi connectivity index (χ0) is 44.8. The fraction of sp³-hybridized carbons (Fsp3) is 0.100. The van der Waals surface area contributed by atoms with Crippen molar-refractivity contribution in [3.8, 4) is 45.6 Å². The van der Waals surface area contributed by atoms with Gasteiger partial charge < -0.3 is 25.2 Å². The van der Waals surface area contributed by atoms with Crippen molar-refractivity contribution in [2.45, 2.75) is 11.3 Å². The molecule has 0 amide bonds. The van der Waals surface area contributed by atoms with Gasteiger partial charge in [-0.25, -0.2) is 8.42 Å². The van der Waals surface area contributed by atoms with Crippen LogP contribution in [0, 0.1) is 0 Å². The number of hydrogen-bond donors (Lipinski definition) is 4. The summed E-state index contributed by atoms with van der Waals surface area (Å²) in [5, 5.41) is 40.9.